The van der Waals surface area contributed by atoms with Crippen LogP contribution in [0.4, 0.5) is 0 Å². The number of rotatable bonds is 0. The maximum atomic E-state index is 8.77. The molecule has 1 aromatic carbocycles. The Kier molecular flexibility index (Phi) is 8.68. The van der Waals surface area contributed by atoms with E-state index in [0.717, 1.165) is 0 Å². The monoisotopic (exact) mass is 330 g/mol. The summed E-state index contributed by atoms with van der Waals surface area (Å²) in [6.07, 6.45) is 0. The molecule has 118 valence electrons. The van der Waals surface area contributed by atoms with Crippen molar-refractivity contribution in [2.45, 2.75) is 52.4 Å². The summed E-state index contributed by atoms with van der Waals surface area (Å²) in [5, 5.41) is 0. The molecule has 3 N–H and O–H groups in total. The molecule has 0 fully saturated rings. The predicted molar refractivity (Wildman–Crippen MR) is 83.2 cm³/mol. The smallest absolute Gasteiger partial charge is 0.262 e. The second-order valence-corrected chi connectivity index (χ2v) is 8.40. The van der Waals surface area contributed by atoms with Crippen molar-refractivity contribution in [1.82, 2.24) is 0 Å². The molecule has 0 saturated carbocycles. The zero-order valence-electron chi connectivity index (χ0n) is 13.4. The molecule has 21 heavy (non-hydrogen) atoms. The molecule has 0 bridgehead atoms. The summed E-state index contributed by atoms with van der Waals surface area (Å²) in [7, 11) is -4.89. The molecule has 1 rings (SSSR count). The maximum absolute atomic E-state index is 8.77. The molecule has 1 aromatic rings. The van der Waals surface area contributed by atoms with E-state index in [1.54, 1.807) is 0 Å². The van der Waals surface area contributed by atoms with Crippen LogP contribution in [-0.4, -0.2) is 31.6 Å². The predicted octanol–water partition coefficient (Wildman–Crippen LogP) is 1.34. The van der Waals surface area contributed by atoms with Crippen molar-refractivity contribution < 1.29 is 24.7 Å². The van der Waals surface area contributed by atoms with Gasteiger partial charge in [-0.3, -0.25) is 4.57 Å². The molecule has 5 nitrogen and oxygen atoms in total. The first-order valence-corrected chi connectivity index (χ1v) is 8.40. The molecule has 0 aliphatic rings. The van der Waals surface area contributed by atoms with E-state index in [0.29, 0.717) is 0 Å². The molecule has 0 unspecified atom stereocenters. The van der Waals surface area contributed by atoms with Crippen molar-refractivity contribution in [3.8, 4) is 0 Å². The first-order chi connectivity index (χ1) is 8.62. The summed E-state index contributed by atoms with van der Waals surface area (Å²) in [4.78, 5) is 22.9. The first-order valence-electron chi connectivity index (χ1n) is 6.29. The van der Waals surface area contributed by atoms with Crippen molar-refractivity contribution in [3.05, 3.63) is 29.3 Å². The fourth-order valence-electron chi connectivity index (χ4n) is 1.67. The minimum Gasteiger partial charge on any atom is -0.870 e. The number of phosphoric acid groups is 1. The van der Waals surface area contributed by atoms with E-state index in [2.05, 4.69) is 76.0 Å². The molecule has 7 heteroatoms. The second-order valence-electron chi connectivity index (χ2n) is 6.79. The Morgan fingerprint density at radius 2 is 1.43 bits per heavy atom. The molecule has 0 aliphatic carbocycles. The largest absolute Gasteiger partial charge is 0.870 e. The summed E-state index contributed by atoms with van der Waals surface area (Å²) in [5.74, 6) is 0. The van der Waals surface area contributed by atoms with Gasteiger partial charge in [-0.2, -0.15) is 0 Å². The van der Waals surface area contributed by atoms with E-state index in [4.69, 9.17) is 19.2 Å². The van der Waals surface area contributed by atoms with E-state index >= 15 is 0 Å². The molecule has 0 radical (unpaired) electrons. The number of hydrogen-bond donors (Lipinski definition) is 2. The van der Waals surface area contributed by atoms with Crippen LogP contribution in [0.5, 0.6) is 0 Å². The topological polar surface area (TPSA) is 111 Å². The van der Waals surface area contributed by atoms with Gasteiger partial charge in [0.1, 0.15) is 0 Å². The fourth-order valence-corrected chi connectivity index (χ4v) is 2.28. The molecular weight excluding hydrogens is 306 g/mol. The van der Waals surface area contributed by atoms with E-state index in [1.807, 2.05) is 0 Å². The first kappa shape index (κ1) is 23.1. The van der Waals surface area contributed by atoms with Gasteiger partial charge in [0, 0.05) is 0 Å². The number of hydrogen-bond acceptors (Lipinski definition) is 3. The Morgan fingerprint density at radius 3 is 1.71 bits per heavy atom. The van der Waals surface area contributed by atoms with Crippen LogP contribution in [0.2, 0.25) is 0 Å². The summed E-state index contributed by atoms with van der Waals surface area (Å²) in [6, 6.07) is 6.80. The zero-order chi connectivity index (χ0) is 16.4. The maximum Gasteiger partial charge on any atom is 0.262 e. The van der Waals surface area contributed by atoms with E-state index in [-0.39, 0.29) is 16.3 Å². The van der Waals surface area contributed by atoms with Gasteiger partial charge >= 0.3 is 102 Å². The summed E-state index contributed by atoms with van der Waals surface area (Å²) < 4.78 is 10.1. The Balaban J connectivity index is 0. The minimum absolute atomic E-state index is 0. The van der Waals surface area contributed by atoms with Gasteiger partial charge in [0.25, 0.3) is 7.82 Å². The molecular formula is C14H24AlO5P. The van der Waals surface area contributed by atoms with Crippen LogP contribution in [0.3, 0.4) is 0 Å². The number of benzene rings is 1. The third-order valence-electron chi connectivity index (χ3n) is 2.73. The van der Waals surface area contributed by atoms with Crippen LogP contribution >= 0.6 is 7.82 Å². The van der Waals surface area contributed by atoms with Crippen molar-refractivity contribution in [3.63, 3.8) is 0 Å². The van der Waals surface area contributed by atoms with Gasteiger partial charge in [-0.05, 0) is 0 Å². The SMILES string of the molecule is CC(C)(C)c1cc[c]([Al+2])c(C(C)(C)C)c1.O=P([O-])(O)O.[OH-]. The van der Waals surface area contributed by atoms with Gasteiger partial charge in [0.15, 0.2) is 0 Å². The van der Waals surface area contributed by atoms with Crippen LogP contribution < -0.4 is 9.32 Å². The van der Waals surface area contributed by atoms with Gasteiger partial charge in [-0.1, -0.05) is 0 Å². The Morgan fingerprint density at radius 1 is 1.05 bits per heavy atom. The van der Waals surface area contributed by atoms with Crippen molar-refractivity contribution >= 4 is 28.5 Å². The normalized spacial score (nSPS) is 12.1. The third kappa shape index (κ3) is 10.2. The molecule has 0 saturated heterocycles. The van der Waals surface area contributed by atoms with Crippen LogP contribution in [0.25, 0.3) is 0 Å². The van der Waals surface area contributed by atoms with Gasteiger partial charge in [0.05, 0.1) is 0 Å². The quantitative estimate of drug-likeness (QED) is 0.551. The van der Waals surface area contributed by atoms with Gasteiger partial charge in [-0.25, -0.2) is 0 Å². The summed E-state index contributed by atoms with van der Waals surface area (Å²) in [6.45, 7) is 13.6. The molecule has 0 heterocycles. The van der Waals surface area contributed by atoms with Gasteiger partial charge in [-0.15, -0.1) is 0 Å². The average Bonchev–Trinajstić information content (AvgIpc) is 2.11. The molecule has 0 aromatic heterocycles. The second kappa shape index (κ2) is 7.90. The van der Waals surface area contributed by atoms with Crippen molar-refractivity contribution in [2.24, 2.45) is 0 Å². The zero-order valence-corrected chi connectivity index (χ0v) is 15.5. The van der Waals surface area contributed by atoms with Crippen LogP contribution in [0, 0.1) is 0 Å². The summed E-state index contributed by atoms with van der Waals surface area (Å²) >= 11 is 2.84. The van der Waals surface area contributed by atoms with Crippen LogP contribution in [0.1, 0.15) is 52.7 Å². The molecule has 0 aliphatic heterocycles. The van der Waals surface area contributed by atoms with Crippen LogP contribution in [-0.2, 0) is 15.4 Å². The van der Waals surface area contributed by atoms with Crippen LogP contribution in [0.15, 0.2) is 18.2 Å². The van der Waals surface area contributed by atoms with Crippen molar-refractivity contribution in [1.29, 1.82) is 0 Å². The summed E-state index contributed by atoms with van der Waals surface area (Å²) in [5.41, 5.74) is 3.30. The Bertz CT molecular complexity index is 489. The van der Waals surface area contributed by atoms with Gasteiger partial charge < -0.3 is 20.2 Å². The molecule has 0 amide bonds. The average molecular weight is 330 g/mol. The van der Waals surface area contributed by atoms with E-state index in [1.165, 1.54) is 15.6 Å². The Hall–Kier alpha value is -0.178. The Labute approximate surface area is 135 Å². The van der Waals surface area contributed by atoms with E-state index in [9.17, 15) is 0 Å². The molecule has 0 atom stereocenters. The minimum atomic E-state index is -4.89. The van der Waals surface area contributed by atoms with E-state index < -0.39 is 7.82 Å². The third-order valence-corrected chi connectivity index (χ3v) is 3.23. The molecule has 0 spiro atoms. The van der Waals surface area contributed by atoms with Gasteiger partial charge in [0.2, 0.25) is 0 Å². The standard InChI is InChI=1S/C14H21.Al.H3O4P.H2O/c1-13(2,3)11-8-7-9-12(10-11)14(4,5)6;;1-5(2,3)4;/h7-8,10H,1-6H3;;(H3,1,2,3,4);1H2/q;+2;;/p-2. The fraction of sp³-hybridized carbons (Fsp3) is 0.571. The van der Waals surface area contributed by atoms with Crippen molar-refractivity contribution in [2.75, 3.05) is 0 Å².